The van der Waals surface area contributed by atoms with Gasteiger partial charge in [0.2, 0.25) is 0 Å². The van der Waals surface area contributed by atoms with Crippen molar-refractivity contribution in [1.29, 1.82) is 0 Å². The van der Waals surface area contributed by atoms with Crippen LogP contribution in [-0.2, 0) is 9.84 Å². The minimum Gasteiger partial charge on any atom is -0.396 e. The third-order valence-corrected chi connectivity index (χ3v) is 4.79. The fourth-order valence-corrected chi connectivity index (χ4v) is 4.07. The third kappa shape index (κ3) is 2.60. The molecule has 1 aliphatic heterocycles. The maximum absolute atomic E-state index is 11.5. The highest BCUT2D eigenvalue weighted by atomic mass is 32.2. The molecule has 0 aromatic carbocycles. The SMILES string of the molecule is CC1(Nc2ccc(N)c(N)n2)CCS(=O)(=O)C1. The Hall–Kier alpha value is -1.50. The van der Waals surface area contributed by atoms with Gasteiger partial charge in [-0.05, 0) is 25.5 Å². The van der Waals surface area contributed by atoms with Gasteiger partial charge >= 0.3 is 0 Å². The maximum atomic E-state index is 11.5. The Labute approximate surface area is 100 Å². The van der Waals surface area contributed by atoms with E-state index in [0.29, 0.717) is 17.9 Å². The lowest BCUT2D eigenvalue weighted by molar-refractivity contribution is 0.572. The first kappa shape index (κ1) is 12.0. The molecule has 0 bridgehead atoms. The van der Waals surface area contributed by atoms with Crippen molar-refractivity contribution in [2.24, 2.45) is 0 Å². The van der Waals surface area contributed by atoms with E-state index in [0.717, 1.165) is 0 Å². The molecule has 1 saturated heterocycles. The van der Waals surface area contributed by atoms with Gasteiger partial charge in [-0.15, -0.1) is 0 Å². The fourth-order valence-electron chi connectivity index (χ4n) is 1.97. The van der Waals surface area contributed by atoms with Crippen LogP contribution in [0.15, 0.2) is 12.1 Å². The lowest BCUT2D eigenvalue weighted by atomic mass is 10.0. The minimum absolute atomic E-state index is 0.117. The van der Waals surface area contributed by atoms with Gasteiger partial charge in [0.15, 0.2) is 9.84 Å². The van der Waals surface area contributed by atoms with Crippen LogP contribution in [0.2, 0.25) is 0 Å². The molecule has 0 radical (unpaired) electrons. The van der Waals surface area contributed by atoms with Crippen molar-refractivity contribution in [1.82, 2.24) is 4.98 Å². The van der Waals surface area contributed by atoms with E-state index in [1.807, 2.05) is 6.92 Å². The summed E-state index contributed by atoms with van der Waals surface area (Å²) >= 11 is 0. The zero-order valence-corrected chi connectivity index (χ0v) is 10.4. The molecule has 1 aliphatic rings. The molecule has 1 atom stereocenters. The first-order chi connectivity index (χ1) is 7.80. The average molecular weight is 256 g/mol. The number of nitrogens with two attached hydrogens (primary N) is 2. The van der Waals surface area contributed by atoms with Gasteiger partial charge < -0.3 is 16.8 Å². The Bertz CT molecular complexity index is 543. The molecule has 1 aromatic rings. The zero-order chi connectivity index (χ0) is 12.7. The highest BCUT2D eigenvalue weighted by molar-refractivity contribution is 7.91. The molecule has 1 unspecified atom stereocenters. The van der Waals surface area contributed by atoms with E-state index in [4.69, 9.17) is 11.5 Å². The lowest BCUT2D eigenvalue weighted by Crippen LogP contribution is -2.36. The smallest absolute Gasteiger partial charge is 0.152 e. The monoisotopic (exact) mass is 256 g/mol. The van der Waals surface area contributed by atoms with Gasteiger partial charge in [0.1, 0.15) is 11.6 Å². The molecule has 1 fully saturated rings. The Morgan fingerprint density at radius 1 is 1.41 bits per heavy atom. The van der Waals surface area contributed by atoms with Crippen LogP contribution in [0.1, 0.15) is 13.3 Å². The van der Waals surface area contributed by atoms with Crippen LogP contribution in [0.4, 0.5) is 17.3 Å². The summed E-state index contributed by atoms with van der Waals surface area (Å²) in [6.07, 6.45) is 0.571. The number of pyridine rings is 1. The van der Waals surface area contributed by atoms with Gasteiger partial charge in [-0.1, -0.05) is 0 Å². The van der Waals surface area contributed by atoms with Gasteiger partial charge in [0.05, 0.1) is 22.7 Å². The summed E-state index contributed by atoms with van der Waals surface area (Å²) in [5, 5.41) is 3.12. The molecular formula is C10H16N4O2S. The summed E-state index contributed by atoms with van der Waals surface area (Å²) in [4.78, 5) is 4.08. The van der Waals surface area contributed by atoms with E-state index in [1.165, 1.54) is 0 Å². The summed E-state index contributed by atoms with van der Waals surface area (Å²) in [6, 6.07) is 3.35. The Morgan fingerprint density at radius 3 is 2.65 bits per heavy atom. The van der Waals surface area contributed by atoms with E-state index < -0.39 is 15.4 Å². The van der Waals surface area contributed by atoms with Crippen molar-refractivity contribution >= 4 is 27.2 Å². The van der Waals surface area contributed by atoms with Crippen molar-refractivity contribution < 1.29 is 8.42 Å². The van der Waals surface area contributed by atoms with Crippen molar-refractivity contribution in [3.63, 3.8) is 0 Å². The van der Waals surface area contributed by atoms with Crippen molar-refractivity contribution in [3.8, 4) is 0 Å². The first-order valence-corrected chi connectivity index (χ1v) is 7.12. The number of hydrogen-bond acceptors (Lipinski definition) is 6. The molecule has 2 rings (SSSR count). The number of nitrogen functional groups attached to an aromatic ring is 2. The van der Waals surface area contributed by atoms with Crippen LogP contribution in [0.3, 0.4) is 0 Å². The van der Waals surface area contributed by atoms with Gasteiger partial charge in [-0.3, -0.25) is 0 Å². The molecule has 7 heteroatoms. The molecule has 0 saturated carbocycles. The number of anilines is 3. The standard InChI is InChI=1S/C10H16N4O2S/c1-10(4-5-17(15,16)6-10)14-8-3-2-7(11)9(12)13-8/h2-3H,4-6,11H2,1H3,(H3,12,13,14). The van der Waals surface area contributed by atoms with Gasteiger partial charge in [-0.25, -0.2) is 13.4 Å². The quantitative estimate of drug-likeness (QED) is 0.698. The van der Waals surface area contributed by atoms with Crippen molar-refractivity contribution in [2.45, 2.75) is 18.9 Å². The second kappa shape index (κ2) is 3.76. The maximum Gasteiger partial charge on any atom is 0.152 e. The minimum atomic E-state index is -2.94. The van der Waals surface area contributed by atoms with Crippen molar-refractivity contribution in [2.75, 3.05) is 28.3 Å². The molecule has 17 heavy (non-hydrogen) atoms. The van der Waals surface area contributed by atoms with Gasteiger partial charge in [0, 0.05) is 0 Å². The topological polar surface area (TPSA) is 111 Å². The molecular weight excluding hydrogens is 240 g/mol. The summed E-state index contributed by atoms with van der Waals surface area (Å²) < 4.78 is 22.9. The summed E-state index contributed by atoms with van der Waals surface area (Å²) in [5.74, 6) is 1.13. The Kier molecular flexibility index (Phi) is 2.65. The largest absolute Gasteiger partial charge is 0.396 e. The molecule has 0 aliphatic carbocycles. The van der Waals surface area contributed by atoms with E-state index in [-0.39, 0.29) is 17.3 Å². The van der Waals surface area contributed by atoms with Crippen LogP contribution in [0, 0.1) is 0 Å². The molecule has 0 amide bonds. The van der Waals surface area contributed by atoms with E-state index >= 15 is 0 Å². The van der Waals surface area contributed by atoms with E-state index in [1.54, 1.807) is 12.1 Å². The van der Waals surface area contributed by atoms with Gasteiger partial charge in [0.25, 0.3) is 0 Å². The molecule has 94 valence electrons. The fraction of sp³-hybridized carbons (Fsp3) is 0.500. The van der Waals surface area contributed by atoms with Crippen LogP contribution < -0.4 is 16.8 Å². The number of rotatable bonds is 2. The van der Waals surface area contributed by atoms with E-state index in [2.05, 4.69) is 10.3 Å². The lowest BCUT2D eigenvalue weighted by Gasteiger charge is -2.24. The molecule has 1 aromatic heterocycles. The highest BCUT2D eigenvalue weighted by Gasteiger charge is 2.38. The Morgan fingerprint density at radius 2 is 2.12 bits per heavy atom. The number of hydrogen-bond donors (Lipinski definition) is 3. The van der Waals surface area contributed by atoms with E-state index in [9.17, 15) is 8.42 Å². The second-order valence-electron chi connectivity index (χ2n) is 4.70. The highest BCUT2D eigenvalue weighted by Crippen LogP contribution is 2.27. The van der Waals surface area contributed by atoms with Crippen LogP contribution >= 0.6 is 0 Å². The van der Waals surface area contributed by atoms with Gasteiger partial charge in [-0.2, -0.15) is 0 Å². The predicted molar refractivity (Wildman–Crippen MR) is 68.4 cm³/mol. The summed E-state index contributed by atoms with van der Waals surface area (Å²) in [5.41, 5.74) is 11.1. The number of aromatic nitrogens is 1. The number of sulfone groups is 1. The molecule has 2 heterocycles. The molecule has 0 spiro atoms. The zero-order valence-electron chi connectivity index (χ0n) is 9.60. The number of nitrogens with one attached hydrogen (secondary N) is 1. The van der Waals surface area contributed by atoms with Crippen LogP contribution in [-0.4, -0.2) is 30.4 Å². The average Bonchev–Trinajstić information content (AvgIpc) is 2.47. The predicted octanol–water partition coefficient (Wildman–Crippen LogP) is 0.235. The molecule has 5 N–H and O–H groups in total. The second-order valence-corrected chi connectivity index (χ2v) is 6.88. The van der Waals surface area contributed by atoms with Crippen LogP contribution in [0.5, 0.6) is 0 Å². The Balaban J connectivity index is 2.19. The van der Waals surface area contributed by atoms with Crippen LogP contribution in [0.25, 0.3) is 0 Å². The normalized spacial score (nSPS) is 26.9. The number of nitrogens with zero attached hydrogens (tertiary/aromatic N) is 1. The van der Waals surface area contributed by atoms with Crippen molar-refractivity contribution in [3.05, 3.63) is 12.1 Å². The summed E-state index contributed by atoms with van der Waals surface area (Å²) in [7, 11) is -2.94. The third-order valence-electron chi connectivity index (χ3n) is 2.89. The summed E-state index contributed by atoms with van der Waals surface area (Å²) in [6.45, 7) is 1.87. The molecule has 6 nitrogen and oxygen atoms in total. The first-order valence-electron chi connectivity index (χ1n) is 5.30.